The molecular weight excluding hydrogens is 563 g/mol. The summed E-state index contributed by atoms with van der Waals surface area (Å²) in [6.45, 7) is 3.01. The average molecular weight is 591 g/mol. The topological polar surface area (TPSA) is 172 Å². The quantitative estimate of drug-likeness (QED) is 0.324. The number of hydrogen-bond acceptors (Lipinski definition) is 9. The summed E-state index contributed by atoms with van der Waals surface area (Å²) in [7, 11) is -4.21. The highest BCUT2D eigenvalue weighted by Crippen LogP contribution is 2.44. The highest BCUT2D eigenvalue weighted by Gasteiger charge is 2.48. The summed E-state index contributed by atoms with van der Waals surface area (Å²) < 4.78 is 44.4. The van der Waals surface area contributed by atoms with E-state index in [9.17, 15) is 32.3 Å². The van der Waals surface area contributed by atoms with Crippen molar-refractivity contribution in [1.82, 2.24) is 24.6 Å². The normalized spacial score (nSPS) is 20.0. The van der Waals surface area contributed by atoms with Gasteiger partial charge in [0.05, 0.1) is 11.2 Å². The lowest BCUT2D eigenvalue weighted by molar-refractivity contribution is -0.114. The Bertz CT molecular complexity index is 1660. The SMILES string of the molecule is CC(=O)Nc1nc(C)c(S(=O)(=O)NC23CCC(CC2)Cn2c3nc(C(=O)NCc3ccc(F)cc3)c(O)c2=O)s1. The fraction of sp³-hybridized carbons (Fsp3) is 0.400. The molecule has 1 aliphatic carbocycles. The van der Waals surface area contributed by atoms with Crippen LogP contribution in [0, 0.1) is 18.7 Å². The highest BCUT2D eigenvalue weighted by atomic mass is 32.2. The predicted octanol–water partition coefficient (Wildman–Crippen LogP) is 2.12. The van der Waals surface area contributed by atoms with Gasteiger partial charge in [-0.25, -0.2) is 22.8 Å². The number of thiazole rings is 1. The molecule has 2 amide bonds. The lowest BCUT2D eigenvalue weighted by atomic mass is 9.78. The third-order valence-corrected chi connectivity index (χ3v) is 10.4. The van der Waals surface area contributed by atoms with Crippen molar-refractivity contribution in [1.29, 1.82) is 0 Å². The number of rotatable bonds is 7. The van der Waals surface area contributed by atoms with E-state index in [4.69, 9.17) is 0 Å². The van der Waals surface area contributed by atoms with E-state index < -0.39 is 50.2 Å². The lowest BCUT2D eigenvalue weighted by Crippen LogP contribution is -2.49. The summed E-state index contributed by atoms with van der Waals surface area (Å²) in [5.41, 5.74) is -1.91. The first kappa shape index (κ1) is 27.9. The first-order valence-corrected chi connectivity index (χ1v) is 14.8. The van der Waals surface area contributed by atoms with E-state index in [1.807, 2.05) is 0 Å². The molecule has 0 radical (unpaired) electrons. The van der Waals surface area contributed by atoms with Gasteiger partial charge >= 0.3 is 0 Å². The molecule has 0 unspecified atom stereocenters. The number of nitrogens with one attached hydrogen (secondary N) is 3. The molecule has 1 fully saturated rings. The first-order chi connectivity index (χ1) is 18.9. The van der Waals surface area contributed by atoms with Gasteiger partial charge in [0.1, 0.15) is 11.6 Å². The van der Waals surface area contributed by atoms with Gasteiger partial charge in [-0.2, -0.15) is 4.72 Å². The summed E-state index contributed by atoms with van der Waals surface area (Å²) in [5, 5.41) is 15.8. The maximum atomic E-state index is 13.7. The largest absolute Gasteiger partial charge is 0.501 e. The Hall–Kier alpha value is -3.69. The number of fused-ring (bicyclic) bond motifs is 2. The van der Waals surface area contributed by atoms with Crippen LogP contribution in [0.15, 0.2) is 33.3 Å². The van der Waals surface area contributed by atoms with E-state index in [0.29, 0.717) is 31.2 Å². The molecule has 2 aromatic heterocycles. The molecule has 0 atom stereocenters. The Labute approximate surface area is 232 Å². The summed E-state index contributed by atoms with van der Waals surface area (Å²) in [6, 6.07) is 5.44. The molecule has 6 rings (SSSR count). The van der Waals surface area contributed by atoms with Crippen LogP contribution in [0.4, 0.5) is 9.52 Å². The number of nitrogens with zero attached hydrogens (tertiary/aromatic N) is 3. The summed E-state index contributed by atoms with van der Waals surface area (Å²) in [4.78, 5) is 46.3. The number of hydrogen-bond donors (Lipinski definition) is 4. The first-order valence-electron chi connectivity index (χ1n) is 12.5. The van der Waals surface area contributed by atoms with Gasteiger partial charge in [-0.05, 0) is 56.2 Å². The Morgan fingerprint density at radius 2 is 1.88 bits per heavy atom. The number of halogens is 1. The van der Waals surface area contributed by atoms with Crippen LogP contribution in [-0.2, 0) is 33.4 Å². The smallest absolute Gasteiger partial charge is 0.296 e. The van der Waals surface area contributed by atoms with Gasteiger partial charge in [0.15, 0.2) is 15.0 Å². The highest BCUT2D eigenvalue weighted by molar-refractivity contribution is 7.91. The maximum Gasteiger partial charge on any atom is 0.296 e. The molecule has 0 saturated heterocycles. The monoisotopic (exact) mass is 590 g/mol. The minimum Gasteiger partial charge on any atom is -0.501 e. The van der Waals surface area contributed by atoms with Crippen molar-refractivity contribution < 1.29 is 27.5 Å². The van der Waals surface area contributed by atoms with Crippen molar-refractivity contribution in [2.45, 2.75) is 62.4 Å². The van der Waals surface area contributed by atoms with E-state index in [1.165, 1.54) is 42.7 Å². The number of aryl methyl sites for hydroxylation is 1. The Balaban J connectivity index is 1.52. The maximum absolute atomic E-state index is 13.7. The van der Waals surface area contributed by atoms with Crippen molar-refractivity contribution in [2.24, 2.45) is 5.92 Å². The molecule has 1 saturated carbocycles. The zero-order valence-electron chi connectivity index (χ0n) is 21.7. The zero-order valence-corrected chi connectivity index (χ0v) is 23.3. The molecule has 3 aromatic rings. The molecule has 1 aromatic carbocycles. The number of amides is 2. The minimum absolute atomic E-state index is 0.0141. The van der Waals surface area contributed by atoms with E-state index in [2.05, 4.69) is 25.3 Å². The lowest BCUT2D eigenvalue weighted by Gasteiger charge is -2.36. The predicted molar refractivity (Wildman–Crippen MR) is 143 cm³/mol. The van der Waals surface area contributed by atoms with Crippen molar-refractivity contribution in [3.8, 4) is 5.75 Å². The number of aromatic hydroxyl groups is 1. The van der Waals surface area contributed by atoms with Crippen molar-refractivity contribution in [3.63, 3.8) is 0 Å². The number of benzene rings is 1. The Morgan fingerprint density at radius 1 is 1.20 bits per heavy atom. The molecule has 40 heavy (non-hydrogen) atoms. The second-order valence-electron chi connectivity index (χ2n) is 10.1. The molecule has 4 N–H and O–H groups in total. The van der Waals surface area contributed by atoms with Gasteiger partial charge in [-0.3, -0.25) is 19.0 Å². The molecule has 212 valence electrons. The number of carbonyl (C=O) groups is 2. The third kappa shape index (κ3) is 5.23. The van der Waals surface area contributed by atoms with Gasteiger partial charge in [0, 0.05) is 20.0 Å². The van der Waals surface area contributed by atoms with Crippen LogP contribution in [0.1, 0.15) is 60.2 Å². The summed E-state index contributed by atoms with van der Waals surface area (Å²) in [6.07, 6.45) is 1.83. The fourth-order valence-corrected chi connectivity index (χ4v) is 8.11. The van der Waals surface area contributed by atoms with E-state index in [-0.39, 0.29) is 39.9 Å². The molecule has 3 aliphatic rings. The molecule has 15 heteroatoms. The number of sulfonamides is 1. The number of carbonyl (C=O) groups excluding carboxylic acids is 2. The van der Waals surface area contributed by atoms with Crippen molar-refractivity contribution in [3.05, 3.63) is 63.2 Å². The minimum atomic E-state index is -4.21. The van der Waals surface area contributed by atoms with Crippen molar-refractivity contribution >= 4 is 38.3 Å². The Morgan fingerprint density at radius 3 is 2.52 bits per heavy atom. The number of aromatic nitrogens is 3. The fourth-order valence-electron chi connectivity index (χ4n) is 5.23. The molecule has 2 bridgehead atoms. The van der Waals surface area contributed by atoms with Crippen LogP contribution in [0.2, 0.25) is 0 Å². The summed E-state index contributed by atoms with van der Waals surface area (Å²) in [5.74, 6) is -2.39. The molecular formula is C25H27FN6O6S2. The van der Waals surface area contributed by atoms with E-state index >= 15 is 0 Å². The molecule has 4 heterocycles. The second-order valence-corrected chi connectivity index (χ2v) is 12.9. The van der Waals surface area contributed by atoms with Crippen LogP contribution in [0.3, 0.4) is 0 Å². The van der Waals surface area contributed by atoms with Gasteiger partial charge in [0.2, 0.25) is 11.7 Å². The van der Waals surface area contributed by atoms with Gasteiger partial charge < -0.3 is 15.7 Å². The van der Waals surface area contributed by atoms with Crippen LogP contribution < -0.4 is 20.9 Å². The van der Waals surface area contributed by atoms with Crippen molar-refractivity contribution in [2.75, 3.05) is 5.32 Å². The molecule has 12 nitrogen and oxygen atoms in total. The average Bonchev–Trinajstić information content (AvgIpc) is 3.11. The number of anilines is 1. The van der Waals surface area contributed by atoms with Gasteiger partial charge in [-0.15, -0.1) is 0 Å². The second kappa shape index (κ2) is 10.4. The molecule has 2 aliphatic heterocycles. The van der Waals surface area contributed by atoms with Crippen LogP contribution in [0.5, 0.6) is 5.75 Å². The van der Waals surface area contributed by atoms with Crippen LogP contribution in [-0.4, -0.2) is 39.9 Å². The van der Waals surface area contributed by atoms with Crippen LogP contribution in [0.25, 0.3) is 0 Å². The van der Waals surface area contributed by atoms with Gasteiger partial charge in [-0.1, -0.05) is 23.5 Å². The third-order valence-electron chi connectivity index (χ3n) is 7.17. The van der Waals surface area contributed by atoms with Crippen LogP contribution >= 0.6 is 11.3 Å². The zero-order chi connectivity index (χ0) is 28.8. The van der Waals surface area contributed by atoms with E-state index in [0.717, 1.165) is 11.3 Å². The van der Waals surface area contributed by atoms with E-state index in [1.54, 1.807) is 0 Å². The molecule has 0 spiro atoms. The van der Waals surface area contributed by atoms with Gasteiger partial charge in [0.25, 0.3) is 21.5 Å². The summed E-state index contributed by atoms with van der Waals surface area (Å²) >= 11 is 0.801. The Kier molecular flexibility index (Phi) is 7.22. The standard InChI is InChI=1S/C25H27FN6O6S2/c1-13-22(39-24(28-13)29-14(2)33)40(37,38)31-25-9-7-16(8-10-25)12-32-21(36)19(34)18(30-23(25)32)20(35)27-11-15-3-5-17(26)6-4-15/h3-6,16,31,34H,7-12H2,1-2H3,(H,27,35)(H,28,29,33).